The first-order valence-electron chi connectivity index (χ1n) is 3.43. The molecule has 2 aromatic rings. The topological polar surface area (TPSA) is 80.6 Å². The van der Waals surface area contributed by atoms with E-state index in [4.69, 9.17) is 0 Å². The molecule has 13 heavy (non-hydrogen) atoms. The fraction of sp³-hybridized carbons (Fsp3) is 0. The molecule has 1 N–H and O–H groups in total. The van der Waals surface area contributed by atoms with Crippen LogP contribution >= 0.6 is 0 Å². The Bertz CT molecular complexity index is 562. The van der Waals surface area contributed by atoms with Crippen molar-refractivity contribution in [2.24, 2.45) is 0 Å². The van der Waals surface area contributed by atoms with Crippen LogP contribution in [-0.2, 0) is 0 Å². The van der Waals surface area contributed by atoms with Crippen molar-refractivity contribution in [2.75, 3.05) is 0 Å². The molecule has 2 rings (SSSR count). The molecule has 0 saturated carbocycles. The van der Waals surface area contributed by atoms with Gasteiger partial charge in [-0.2, -0.15) is 0 Å². The Labute approximate surface area is 70.8 Å². The normalized spacial score (nSPS) is 10.5. The van der Waals surface area contributed by atoms with E-state index in [0.29, 0.717) is 0 Å². The Morgan fingerprint density at radius 2 is 2.08 bits per heavy atom. The van der Waals surface area contributed by atoms with Gasteiger partial charge >= 0.3 is 11.3 Å². The largest absolute Gasteiger partial charge is 0.507 e. The number of hydrogen-bond acceptors (Lipinski definition) is 5. The minimum Gasteiger partial charge on any atom is -0.507 e. The molecule has 0 atom stereocenters. The lowest BCUT2D eigenvalue weighted by atomic mass is 10.3. The van der Waals surface area contributed by atoms with Gasteiger partial charge in [-0.1, -0.05) is 0 Å². The molecule has 0 aromatic carbocycles. The predicted octanol–water partition coefficient (Wildman–Crippen LogP) is 0.452. The minimum atomic E-state index is -0.737. The average Bonchev–Trinajstić information content (AvgIpc) is 2.02. The summed E-state index contributed by atoms with van der Waals surface area (Å²) < 4.78 is 9.13. The summed E-state index contributed by atoms with van der Waals surface area (Å²) in [5, 5.41) is 9.09. The van der Waals surface area contributed by atoms with Crippen molar-refractivity contribution in [1.29, 1.82) is 0 Å². The second-order valence-corrected chi connectivity index (χ2v) is 2.40. The van der Waals surface area contributed by atoms with Crippen molar-refractivity contribution >= 4 is 11.0 Å². The van der Waals surface area contributed by atoms with Gasteiger partial charge in [0.15, 0.2) is 5.58 Å². The fourth-order valence-corrected chi connectivity index (χ4v) is 1.04. The van der Waals surface area contributed by atoms with Gasteiger partial charge in [-0.15, -0.1) is 0 Å². The van der Waals surface area contributed by atoms with E-state index < -0.39 is 17.0 Å². The molecule has 0 aliphatic rings. The van der Waals surface area contributed by atoms with Crippen molar-refractivity contribution < 1.29 is 13.9 Å². The molecule has 5 heteroatoms. The first-order chi connectivity index (χ1) is 6.18. The number of aromatic hydroxyl groups is 1. The molecule has 0 radical (unpaired) electrons. The van der Waals surface area contributed by atoms with E-state index in [1.165, 1.54) is 6.07 Å². The van der Waals surface area contributed by atoms with Crippen molar-refractivity contribution in [3.05, 3.63) is 39.2 Å². The van der Waals surface area contributed by atoms with Gasteiger partial charge in [0.1, 0.15) is 11.1 Å². The Kier molecular flexibility index (Phi) is 1.45. The van der Waals surface area contributed by atoms with Gasteiger partial charge < -0.3 is 13.9 Å². The average molecular weight is 180 g/mol. The Morgan fingerprint density at radius 1 is 1.31 bits per heavy atom. The molecule has 0 fully saturated rings. The molecular weight excluding hydrogens is 176 g/mol. The summed E-state index contributed by atoms with van der Waals surface area (Å²) in [5.74, 6) is -0.430. The van der Waals surface area contributed by atoms with Gasteiger partial charge in [-0.05, 0) is 0 Å². The molecule has 2 heterocycles. The van der Waals surface area contributed by atoms with E-state index in [1.54, 1.807) is 0 Å². The summed E-state index contributed by atoms with van der Waals surface area (Å²) in [7, 11) is 0. The molecule has 5 nitrogen and oxygen atoms in total. The van der Waals surface area contributed by atoms with Crippen LogP contribution in [0.25, 0.3) is 11.0 Å². The highest BCUT2D eigenvalue weighted by Gasteiger charge is 2.08. The lowest BCUT2D eigenvalue weighted by molar-refractivity contribution is 0.456. The van der Waals surface area contributed by atoms with Crippen LogP contribution in [0.2, 0.25) is 0 Å². The van der Waals surface area contributed by atoms with Gasteiger partial charge in [0.2, 0.25) is 0 Å². The van der Waals surface area contributed by atoms with Gasteiger partial charge in [0, 0.05) is 6.07 Å². The second-order valence-electron chi connectivity index (χ2n) is 2.40. The van der Waals surface area contributed by atoms with Gasteiger partial charge in [0.05, 0.1) is 12.3 Å². The van der Waals surface area contributed by atoms with Crippen molar-refractivity contribution in [2.45, 2.75) is 0 Å². The SMILES string of the molecule is O=c1cc(O)c2c(=O)occc2o1. The van der Waals surface area contributed by atoms with Crippen LogP contribution < -0.4 is 11.3 Å². The maximum atomic E-state index is 11.0. The van der Waals surface area contributed by atoms with Crippen LogP contribution in [0.3, 0.4) is 0 Å². The van der Waals surface area contributed by atoms with Crippen LogP contribution in [-0.4, -0.2) is 5.11 Å². The van der Waals surface area contributed by atoms with E-state index in [9.17, 15) is 14.7 Å². The smallest absolute Gasteiger partial charge is 0.350 e. The summed E-state index contributed by atoms with van der Waals surface area (Å²) >= 11 is 0. The third kappa shape index (κ3) is 1.10. The Balaban J connectivity index is 3.12. The van der Waals surface area contributed by atoms with E-state index in [-0.39, 0.29) is 11.0 Å². The molecule has 0 spiro atoms. The molecule has 2 aromatic heterocycles. The molecule has 66 valence electrons. The van der Waals surface area contributed by atoms with Crippen LogP contribution in [0.5, 0.6) is 5.75 Å². The fourth-order valence-electron chi connectivity index (χ4n) is 1.04. The van der Waals surface area contributed by atoms with Crippen LogP contribution in [0.4, 0.5) is 0 Å². The lowest BCUT2D eigenvalue weighted by Crippen LogP contribution is -2.03. The van der Waals surface area contributed by atoms with Crippen molar-refractivity contribution in [3.8, 4) is 5.75 Å². The Morgan fingerprint density at radius 3 is 2.85 bits per heavy atom. The molecule has 0 bridgehead atoms. The van der Waals surface area contributed by atoms with Crippen LogP contribution in [0.15, 0.2) is 36.8 Å². The third-order valence-corrected chi connectivity index (χ3v) is 1.57. The molecule has 0 aliphatic heterocycles. The zero-order valence-corrected chi connectivity index (χ0v) is 6.31. The molecule has 0 unspecified atom stereocenters. The van der Waals surface area contributed by atoms with Crippen LogP contribution in [0, 0.1) is 0 Å². The highest BCUT2D eigenvalue weighted by molar-refractivity contribution is 5.80. The van der Waals surface area contributed by atoms with E-state index in [2.05, 4.69) is 8.83 Å². The molecule has 0 amide bonds. The minimum absolute atomic E-state index is 0.0150. The number of rotatable bonds is 0. The van der Waals surface area contributed by atoms with E-state index in [0.717, 1.165) is 12.3 Å². The zero-order chi connectivity index (χ0) is 9.42. The van der Waals surface area contributed by atoms with Gasteiger partial charge in [0.25, 0.3) is 0 Å². The highest BCUT2D eigenvalue weighted by Crippen LogP contribution is 2.17. The van der Waals surface area contributed by atoms with Crippen molar-refractivity contribution in [3.63, 3.8) is 0 Å². The summed E-state index contributed by atoms with van der Waals surface area (Å²) in [6.07, 6.45) is 1.09. The standard InChI is InChI=1S/C8H4O5/c9-4-3-6(10)13-5-1-2-12-8(11)7(4)5/h1-3,9H. The molecule has 0 saturated heterocycles. The predicted molar refractivity (Wildman–Crippen MR) is 42.7 cm³/mol. The lowest BCUT2D eigenvalue weighted by Gasteiger charge is -1.94. The maximum Gasteiger partial charge on any atom is 0.350 e. The summed E-state index contributed by atoms with van der Waals surface area (Å²) in [6, 6.07) is 2.11. The second kappa shape index (κ2) is 2.48. The molecular formula is C8H4O5. The third-order valence-electron chi connectivity index (χ3n) is 1.57. The van der Waals surface area contributed by atoms with Crippen molar-refractivity contribution in [1.82, 2.24) is 0 Å². The summed E-state index contributed by atoms with van der Waals surface area (Å²) in [5.41, 5.74) is -1.43. The maximum absolute atomic E-state index is 11.0. The van der Waals surface area contributed by atoms with Gasteiger partial charge in [-0.3, -0.25) is 0 Å². The quantitative estimate of drug-likeness (QED) is 0.636. The molecule has 0 aliphatic carbocycles. The van der Waals surface area contributed by atoms with E-state index in [1.807, 2.05) is 0 Å². The zero-order valence-electron chi connectivity index (χ0n) is 6.31. The monoisotopic (exact) mass is 180 g/mol. The first kappa shape index (κ1) is 7.60. The highest BCUT2D eigenvalue weighted by atomic mass is 16.4. The van der Waals surface area contributed by atoms with Crippen LogP contribution in [0.1, 0.15) is 0 Å². The number of fused-ring (bicyclic) bond motifs is 1. The first-order valence-corrected chi connectivity index (χ1v) is 3.43. The van der Waals surface area contributed by atoms with E-state index >= 15 is 0 Å². The summed E-state index contributed by atoms with van der Waals surface area (Å²) in [6.45, 7) is 0. The van der Waals surface area contributed by atoms with Gasteiger partial charge in [-0.25, -0.2) is 9.59 Å². The Hall–Kier alpha value is -2.04. The number of hydrogen-bond donors (Lipinski definition) is 1. The summed E-state index contributed by atoms with van der Waals surface area (Å²) in [4.78, 5) is 21.8.